The van der Waals surface area contributed by atoms with Crippen molar-refractivity contribution in [3.63, 3.8) is 0 Å². The van der Waals surface area contributed by atoms with E-state index in [1.807, 2.05) is 6.07 Å². The van der Waals surface area contributed by atoms with Crippen LogP contribution in [0.3, 0.4) is 0 Å². The third-order valence-electron chi connectivity index (χ3n) is 7.18. The van der Waals surface area contributed by atoms with E-state index in [9.17, 15) is 29.7 Å². The number of benzene rings is 1. The summed E-state index contributed by atoms with van der Waals surface area (Å²) in [7, 11) is 0. The molecule has 4 aliphatic carbocycles. The molecule has 0 spiro atoms. The van der Waals surface area contributed by atoms with E-state index < -0.39 is 29.0 Å². The number of Topliss-reactive ketones (excluding diaryl/α,β-unsaturated/α-hetero) is 3. The second-order valence-corrected chi connectivity index (χ2v) is 9.19. The predicted molar refractivity (Wildman–Crippen MR) is 116 cm³/mol. The minimum absolute atomic E-state index is 0. The Balaban J connectivity index is 0.00000128. The molecule has 0 saturated heterocycles. The lowest BCUT2D eigenvalue weighted by molar-refractivity contribution is -0.127. The number of phenolic OH excluding ortho intramolecular Hbond substituents is 1. The fourth-order valence-corrected chi connectivity index (χ4v) is 5.64. The van der Waals surface area contributed by atoms with Crippen molar-refractivity contribution in [3.8, 4) is 5.75 Å². The Morgan fingerprint density at radius 1 is 1.13 bits per heavy atom. The lowest BCUT2D eigenvalue weighted by atomic mass is 9.61. The zero-order valence-electron chi connectivity index (χ0n) is 17.3. The van der Waals surface area contributed by atoms with E-state index in [4.69, 9.17) is 0 Å². The Morgan fingerprint density at radius 2 is 1.84 bits per heavy atom. The Bertz CT molecular complexity index is 1080. The zero-order chi connectivity index (χ0) is 21.3. The summed E-state index contributed by atoms with van der Waals surface area (Å²) >= 11 is 0. The summed E-state index contributed by atoms with van der Waals surface area (Å²) in [6.45, 7) is 1.20. The number of aliphatic hydroxyl groups excluding tert-OH is 2. The van der Waals surface area contributed by atoms with E-state index in [0.29, 0.717) is 24.3 Å². The van der Waals surface area contributed by atoms with Crippen molar-refractivity contribution < 1.29 is 38.0 Å². The first-order valence-electron chi connectivity index (χ1n) is 10.6. The third-order valence-corrected chi connectivity index (χ3v) is 7.18. The van der Waals surface area contributed by atoms with E-state index in [0.717, 1.165) is 17.5 Å². The van der Waals surface area contributed by atoms with Gasteiger partial charge in [-0.3, -0.25) is 14.4 Å². The molecule has 5 N–H and O–H groups in total. The summed E-state index contributed by atoms with van der Waals surface area (Å²) in [5.41, 5.74) is 2.19. The van der Waals surface area contributed by atoms with Crippen LogP contribution in [0.4, 0.5) is 0 Å². The largest absolute Gasteiger partial charge is 0.511 e. The molecule has 5 rings (SSSR count). The molecule has 0 aliphatic heterocycles. The van der Waals surface area contributed by atoms with Crippen LogP contribution in [0.1, 0.15) is 52.2 Å². The number of aromatic hydroxyl groups is 1. The van der Waals surface area contributed by atoms with Crippen molar-refractivity contribution in [2.45, 2.75) is 45.4 Å². The number of allylic oxidation sites excluding steroid dienone is 3. The van der Waals surface area contributed by atoms with Crippen LogP contribution in [-0.2, 0) is 27.2 Å². The van der Waals surface area contributed by atoms with Crippen LogP contribution in [0.2, 0.25) is 0 Å². The van der Waals surface area contributed by atoms with Crippen LogP contribution in [0.5, 0.6) is 5.75 Å². The van der Waals surface area contributed by atoms with E-state index in [-0.39, 0.29) is 49.2 Å². The van der Waals surface area contributed by atoms with Gasteiger partial charge in [0.05, 0.1) is 17.1 Å². The molecule has 7 nitrogen and oxygen atoms in total. The fraction of sp³-hybridized carbons (Fsp3) is 0.458. The van der Waals surface area contributed by atoms with E-state index in [1.165, 1.54) is 19.8 Å². The molecule has 31 heavy (non-hydrogen) atoms. The molecule has 7 heteroatoms. The number of phenols is 1. The molecular formula is C24H30O7. The van der Waals surface area contributed by atoms with Gasteiger partial charge < -0.3 is 20.8 Å². The highest BCUT2D eigenvalue weighted by molar-refractivity contribution is 6.21. The van der Waals surface area contributed by atoms with Crippen molar-refractivity contribution in [1.29, 1.82) is 0 Å². The van der Waals surface area contributed by atoms with Crippen LogP contribution in [0.25, 0.3) is 5.76 Å². The summed E-state index contributed by atoms with van der Waals surface area (Å²) in [6.07, 6.45) is 4.28. The van der Waals surface area contributed by atoms with Gasteiger partial charge in [-0.1, -0.05) is 6.07 Å². The molecule has 2 saturated carbocycles. The first kappa shape index (κ1) is 21.3. The minimum atomic E-state index is -0.992. The lowest BCUT2D eigenvalue weighted by Gasteiger charge is -2.41. The van der Waals surface area contributed by atoms with Gasteiger partial charge in [0.1, 0.15) is 17.3 Å². The number of hydrogen-bond acceptors (Lipinski definition) is 6. The van der Waals surface area contributed by atoms with Gasteiger partial charge >= 0.3 is 0 Å². The average Bonchev–Trinajstić information content (AvgIpc) is 3.47. The summed E-state index contributed by atoms with van der Waals surface area (Å²) in [6, 6.07) is 3.46. The molecule has 0 aromatic heterocycles. The van der Waals surface area contributed by atoms with Gasteiger partial charge in [-0.05, 0) is 74.0 Å². The maximum Gasteiger partial charge on any atom is 0.173 e. The van der Waals surface area contributed by atoms with Crippen LogP contribution >= 0.6 is 0 Å². The molecule has 2 fully saturated rings. The molecule has 3 atom stereocenters. The quantitative estimate of drug-likeness (QED) is 0.629. The monoisotopic (exact) mass is 430 g/mol. The average molecular weight is 430 g/mol. The highest BCUT2D eigenvalue weighted by atomic mass is 16.3. The minimum Gasteiger partial charge on any atom is -0.511 e. The Labute approximate surface area is 182 Å². The van der Waals surface area contributed by atoms with Gasteiger partial charge in [-0.2, -0.15) is 0 Å². The third kappa shape index (κ3) is 3.19. The molecule has 168 valence electrons. The van der Waals surface area contributed by atoms with Crippen LogP contribution < -0.4 is 0 Å². The van der Waals surface area contributed by atoms with Crippen molar-refractivity contribution in [2.24, 2.45) is 23.7 Å². The number of fused-ring (bicyclic) bond motifs is 3. The van der Waals surface area contributed by atoms with Crippen molar-refractivity contribution >= 4 is 23.1 Å². The Hall–Kier alpha value is -2.93. The smallest absolute Gasteiger partial charge is 0.173 e. The number of ketones is 3. The molecule has 3 unspecified atom stereocenters. The number of aliphatic hydroxyl groups is 2. The standard InChI is InChI=1S/C24H24O6.H2O.2H2/c1-10(25)18-17(27)9-14-7-13-8-15-12(6-11-2-3-11)4-5-16(26)21(15)24(30)19(13)23(29)20(14)22(18)28;;;/h4-5,11,13-14,20,26,28,30H,2-3,6-9H2,1H3;1H2;2*1H. The molecule has 1 aromatic rings. The maximum atomic E-state index is 13.4. The van der Waals surface area contributed by atoms with Gasteiger partial charge in [0.25, 0.3) is 0 Å². The van der Waals surface area contributed by atoms with E-state index in [1.54, 1.807) is 6.07 Å². The van der Waals surface area contributed by atoms with Crippen molar-refractivity contribution in [2.75, 3.05) is 0 Å². The summed E-state index contributed by atoms with van der Waals surface area (Å²) in [5.74, 6) is -3.21. The number of carbonyl (C=O) groups excluding carboxylic acids is 3. The predicted octanol–water partition coefficient (Wildman–Crippen LogP) is 3.03. The first-order chi connectivity index (χ1) is 14.3. The maximum absolute atomic E-state index is 13.4. The van der Waals surface area contributed by atoms with Crippen LogP contribution in [-0.4, -0.2) is 38.1 Å². The van der Waals surface area contributed by atoms with Crippen molar-refractivity contribution in [3.05, 3.63) is 45.7 Å². The molecule has 0 bridgehead atoms. The zero-order valence-corrected chi connectivity index (χ0v) is 17.3. The highest BCUT2D eigenvalue weighted by Crippen LogP contribution is 2.51. The lowest BCUT2D eigenvalue weighted by Crippen LogP contribution is -2.43. The molecule has 0 radical (unpaired) electrons. The second kappa shape index (κ2) is 7.34. The Morgan fingerprint density at radius 3 is 2.48 bits per heavy atom. The van der Waals surface area contributed by atoms with Crippen LogP contribution in [0, 0.1) is 23.7 Å². The SMILES string of the molecule is CC(=O)C1=C(O)C2C(=O)C3=C(O)c4c(O)ccc(CC5CC5)c4CC3CC2CC1=O.O.[HH].[HH]. The first-order valence-corrected chi connectivity index (χ1v) is 10.6. The molecule has 0 amide bonds. The summed E-state index contributed by atoms with van der Waals surface area (Å²) in [4.78, 5) is 37.6. The van der Waals surface area contributed by atoms with Gasteiger partial charge in [-0.25, -0.2) is 0 Å². The van der Waals surface area contributed by atoms with Crippen LogP contribution in [0.15, 0.2) is 29.0 Å². The molecular weight excluding hydrogens is 400 g/mol. The fourth-order valence-electron chi connectivity index (χ4n) is 5.64. The topological polar surface area (TPSA) is 143 Å². The normalized spacial score (nSPS) is 27.3. The summed E-state index contributed by atoms with van der Waals surface area (Å²) < 4.78 is 0. The Kier molecular flexibility index (Phi) is 5.04. The van der Waals surface area contributed by atoms with E-state index in [2.05, 4.69) is 0 Å². The van der Waals surface area contributed by atoms with Gasteiger partial charge in [0, 0.05) is 14.8 Å². The summed E-state index contributed by atoms with van der Waals surface area (Å²) in [5, 5.41) is 32.1. The van der Waals surface area contributed by atoms with Gasteiger partial charge in [0.2, 0.25) is 0 Å². The number of rotatable bonds is 3. The number of carbonyl (C=O) groups is 3. The van der Waals surface area contributed by atoms with E-state index >= 15 is 0 Å². The van der Waals surface area contributed by atoms with Gasteiger partial charge in [0.15, 0.2) is 17.3 Å². The molecule has 0 heterocycles. The number of hydrogen-bond donors (Lipinski definition) is 3. The van der Waals surface area contributed by atoms with Gasteiger partial charge in [-0.15, -0.1) is 0 Å². The highest BCUT2D eigenvalue weighted by Gasteiger charge is 2.50. The molecule has 4 aliphatic rings. The molecule has 1 aromatic carbocycles. The second-order valence-electron chi connectivity index (χ2n) is 9.19. The van der Waals surface area contributed by atoms with Crippen molar-refractivity contribution in [1.82, 2.24) is 0 Å².